The molecule has 46 heavy (non-hydrogen) atoms. The van der Waals surface area contributed by atoms with Gasteiger partial charge in [0, 0.05) is 17.8 Å². The Labute approximate surface area is 263 Å². The summed E-state index contributed by atoms with van der Waals surface area (Å²) in [6.07, 6.45) is -2.53. The van der Waals surface area contributed by atoms with E-state index >= 15 is 0 Å². The Morgan fingerprint density at radius 1 is 0.957 bits per heavy atom. The van der Waals surface area contributed by atoms with Crippen molar-refractivity contribution in [3.63, 3.8) is 0 Å². The number of hydrogen-bond donors (Lipinski definition) is 5. The predicted molar refractivity (Wildman–Crippen MR) is 161 cm³/mol. The molecule has 1 saturated carbocycles. The molecule has 10 nitrogen and oxygen atoms in total. The van der Waals surface area contributed by atoms with E-state index in [1.54, 1.807) is 12.1 Å². The zero-order valence-electron chi connectivity index (χ0n) is 26.2. The minimum atomic E-state index is -4.95. The summed E-state index contributed by atoms with van der Waals surface area (Å²) in [5.74, 6) is 3.48. The molecule has 7 N–H and O–H groups in total. The van der Waals surface area contributed by atoms with Crippen LogP contribution in [-0.2, 0) is 23.7 Å². The van der Waals surface area contributed by atoms with Crippen LogP contribution < -0.4 is 21.8 Å². The van der Waals surface area contributed by atoms with Crippen molar-refractivity contribution in [3.8, 4) is 0 Å². The molecule has 0 radical (unpaired) electrons. The van der Waals surface area contributed by atoms with Gasteiger partial charge in [-0.25, -0.2) is 10.7 Å². The van der Waals surface area contributed by atoms with E-state index in [9.17, 15) is 31.1 Å². The van der Waals surface area contributed by atoms with Crippen LogP contribution in [-0.4, -0.2) is 33.6 Å². The molecule has 4 rings (SSSR count). The number of amides is 1. The molecule has 0 bridgehead atoms. The maximum Gasteiger partial charge on any atom is 0.416 e. The average molecular weight is 660 g/mol. The number of quaternary nitrogens is 1. The fourth-order valence-electron chi connectivity index (χ4n) is 4.59. The Kier molecular flexibility index (Phi) is 14.0. The molecule has 0 atom stereocenters. The second kappa shape index (κ2) is 16.9. The molecule has 1 fully saturated rings. The van der Waals surface area contributed by atoms with Gasteiger partial charge in [0.2, 0.25) is 0 Å². The molecule has 0 saturated heterocycles. The first-order valence-corrected chi connectivity index (χ1v) is 14.3. The van der Waals surface area contributed by atoms with Gasteiger partial charge in [-0.2, -0.15) is 31.6 Å². The summed E-state index contributed by atoms with van der Waals surface area (Å²) in [5, 5.41) is 20.2. The molecule has 0 spiro atoms. The fraction of sp³-hybridized carbons (Fsp3) is 0.467. The van der Waals surface area contributed by atoms with Crippen molar-refractivity contribution in [1.29, 1.82) is 0 Å². The molecule has 0 aliphatic heterocycles. The lowest BCUT2D eigenvalue weighted by Gasteiger charge is -2.33. The van der Waals surface area contributed by atoms with Crippen molar-refractivity contribution < 1.29 is 41.9 Å². The van der Waals surface area contributed by atoms with Gasteiger partial charge in [-0.05, 0) is 65.3 Å². The van der Waals surface area contributed by atoms with Gasteiger partial charge in [0.15, 0.2) is 0 Å². The first kappa shape index (κ1) is 38.0. The highest BCUT2D eigenvalue weighted by atomic mass is 19.4. The molecule has 16 heteroatoms. The Bertz CT molecular complexity index is 1330. The summed E-state index contributed by atoms with van der Waals surface area (Å²) in [6, 6.07) is 7.35. The molecule has 254 valence electrons. The minimum Gasteiger partial charge on any atom is -0.368 e. The number of H-pyrrole nitrogens is 1. The number of aromatic nitrogens is 4. The predicted octanol–water partition coefficient (Wildman–Crippen LogP) is 6.57. The lowest BCUT2D eigenvalue weighted by atomic mass is 9.72. The van der Waals surface area contributed by atoms with Gasteiger partial charge in [0.05, 0.1) is 24.1 Å². The number of hydrogen-bond acceptors (Lipinski definition) is 7. The number of tetrazole rings is 1. The molecule has 1 amide bonds. The number of carbonyl (C=O) groups is 1. The smallest absolute Gasteiger partial charge is 0.368 e. The SMILES string of the molecule is C=C(NCc1ccc(C(=O)Nc2nn[nH]n2)cc1)Nc1cc(C(F)(F)F)cc(C(F)(F)F)c1.CC(C)(C)C1CCCCC1.CO[NH3+]. The van der Waals surface area contributed by atoms with E-state index in [4.69, 9.17) is 0 Å². The van der Waals surface area contributed by atoms with Gasteiger partial charge in [-0.15, -0.1) is 5.10 Å². The first-order valence-electron chi connectivity index (χ1n) is 14.3. The van der Waals surface area contributed by atoms with Gasteiger partial charge in [-0.3, -0.25) is 10.1 Å². The molecule has 3 aromatic rings. The topological polar surface area (TPSA) is 144 Å². The molecular formula is C30H41F6N8O2+. The number of rotatable bonds is 7. The number of anilines is 2. The summed E-state index contributed by atoms with van der Waals surface area (Å²) in [7, 11) is 1.51. The Balaban J connectivity index is 0.000000473. The van der Waals surface area contributed by atoms with Crippen LogP contribution in [0.25, 0.3) is 0 Å². The molecule has 1 aliphatic rings. The van der Waals surface area contributed by atoms with Crippen LogP contribution in [0.3, 0.4) is 0 Å². The van der Waals surface area contributed by atoms with Gasteiger partial charge >= 0.3 is 12.4 Å². The highest BCUT2D eigenvalue weighted by Crippen LogP contribution is 2.38. The Morgan fingerprint density at radius 3 is 1.93 bits per heavy atom. The van der Waals surface area contributed by atoms with E-state index in [0.29, 0.717) is 28.7 Å². The third-order valence-electron chi connectivity index (χ3n) is 7.01. The number of alkyl halides is 6. The number of benzene rings is 2. The van der Waals surface area contributed by atoms with Crippen molar-refractivity contribution in [2.24, 2.45) is 11.3 Å². The van der Waals surface area contributed by atoms with Gasteiger partial charge in [-0.1, -0.05) is 63.8 Å². The first-order chi connectivity index (χ1) is 21.4. The third-order valence-corrected chi connectivity index (χ3v) is 7.01. The molecule has 2 aromatic carbocycles. The maximum atomic E-state index is 13.0. The lowest BCUT2D eigenvalue weighted by molar-refractivity contribution is -0.679. The molecule has 1 heterocycles. The zero-order chi connectivity index (χ0) is 34.5. The number of aromatic amines is 1. The number of carbonyl (C=O) groups excluding carboxylic acids is 1. The second-order valence-electron chi connectivity index (χ2n) is 11.6. The Morgan fingerprint density at radius 2 is 1.50 bits per heavy atom. The van der Waals surface area contributed by atoms with E-state index in [2.05, 4.69) is 74.7 Å². The standard InChI is InChI=1S/C19H15F6N7O.C10H20.CH6NO/c1-10(27-15-7-13(18(20,21)22)6-14(8-15)19(23,24)25)26-9-11-2-4-12(5-3-11)16(33)28-17-29-31-32-30-17;1-10(2,3)9-7-5-4-6-8-9;1-3-2/h2-8,26-27H,1,9H2,(H2,28,29,30,31,32,33);9H,4-8H2,1-3H3;1-2H3/q;;+1. The molecule has 1 aromatic heterocycles. The average Bonchev–Trinajstić information content (AvgIpc) is 3.49. The van der Waals surface area contributed by atoms with Crippen molar-refractivity contribution >= 4 is 17.5 Å². The van der Waals surface area contributed by atoms with Gasteiger partial charge in [0.1, 0.15) is 0 Å². The second-order valence-corrected chi connectivity index (χ2v) is 11.6. The Hall–Kier alpha value is -4.18. The quantitative estimate of drug-likeness (QED) is 0.143. The van der Waals surface area contributed by atoms with E-state index in [1.807, 2.05) is 0 Å². The van der Waals surface area contributed by atoms with E-state index < -0.39 is 35.1 Å². The molecule has 0 unspecified atom stereocenters. The highest BCUT2D eigenvalue weighted by Gasteiger charge is 2.37. The van der Waals surface area contributed by atoms with Crippen LogP contribution in [0.4, 0.5) is 38.0 Å². The number of nitrogens with one attached hydrogen (secondary N) is 4. The normalized spacial score (nSPS) is 13.8. The van der Waals surface area contributed by atoms with Crippen LogP contribution in [0.5, 0.6) is 0 Å². The van der Waals surface area contributed by atoms with Crippen molar-refractivity contribution in [2.75, 3.05) is 17.7 Å². The summed E-state index contributed by atoms with van der Waals surface area (Å²) in [4.78, 5) is 16.1. The summed E-state index contributed by atoms with van der Waals surface area (Å²) < 4.78 is 77.8. The van der Waals surface area contributed by atoms with Gasteiger partial charge < -0.3 is 10.6 Å². The van der Waals surface area contributed by atoms with E-state index in [-0.39, 0.29) is 24.4 Å². The van der Waals surface area contributed by atoms with Crippen LogP contribution >= 0.6 is 0 Å². The monoisotopic (exact) mass is 659 g/mol. The van der Waals surface area contributed by atoms with Crippen molar-refractivity contribution in [2.45, 2.75) is 71.8 Å². The van der Waals surface area contributed by atoms with Crippen molar-refractivity contribution in [3.05, 3.63) is 77.1 Å². The zero-order valence-corrected chi connectivity index (χ0v) is 26.2. The maximum absolute atomic E-state index is 13.0. The van der Waals surface area contributed by atoms with Crippen molar-refractivity contribution in [1.82, 2.24) is 25.9 Å². The highest BCUT2D eigenvalue weighted by molar-refractivity contribution is 6.03. The summed E-state index contributed by atoms with van der Waals surface area (Å²) in [5.41, 5.74) is -1.79. The van der Waals surface area contributed by atoms with Crippen LogP contribution in [0.15, 0.2) is 54.9 Å². The largest absolute Gasteiger partial charge is 0.416 e. The van der Waals surface area contributed by atoms with Crippen LogP contribution in [0.1, 0.15) is 79.9 Å². The summed E-state index contributed by atoms with van der Waals surface area (Å²) >= 11 is 0. The van der Waals surface area contributed by atoms with E-state index in [1.165, 1.54) is 51.3 Å². The lowest BCUT2D eigenvalue weighted by Crippen LogP contribution is -2.46. The fourth-order valence-corrected chi connectivity index (χ4v) is 4.59. The van der Waals surface area contributed by atoms with Crippen LogP contribution in [0.2, 0.25) is 0 Å². The third kappa shape index (κ3) is 13.0. The molecular weight excluding hydrogens is 618 g/mol. The van der Waals surface area contributed by atoms with E-state index in [0.717, 1.165) is 5.92 Å². The molecule has 1 aliphatic carbocycles. The summed E-state index contributed by atoms with van der Waals surface area (Å²) in [6.45, 7) is 10.8. The number of nitrogens with zero attached hydrogens (tertiary/aromatic N) is 3. The number of halogens is 6. The van der Waals surface area contributed by atoms with Crippen LogP contribution in [0, 0.1) is 11.3 Å². The van der Waals surface area contributed by atoms with Gasteiger partial charge in [0.25, 0.3) is 11.9 Å². The minimum absolute atomic E-state index is 0.00334.